The zero-order valence-corrected chi connectivity index (χ0v) is 11.0. The van der Waals surface area contributed by atoms with Gasteiger partial charge in [0, 0.05) is 43.1 Å². The molecule has 4 nitrogen and oxygen atoms in total. The van der Waals surface area contributed by atoms with Gasteiger partial charge in [0.25, 0.3) is 0 Å². The molecule has 2 atom stereocenters. The van der Waals surface area contributed by atoms with Gasteiger partial charge in [0.05, 0.1) is 0 Å². The van der Waals surface area contributed by atoms with Crippen LogP contribution in [0.4, 0.5) is 11.5 Å². The number of piperazine rings is 1. The first-order valence-corrected chi connectivity index (χ1v) is 6.96. The Morgan fingerprint density at radius 2 is 2.22 bits per heavy atom. The standard InChI is InChI=1S/C14H22N4/c1-11-9-17-7-3-2-4-13(17)10-18(11)14-8-12(15)5-6-16-14/h5-6,8,11,13H,2-4,7,9-10H2,1H3,(H2,15,16). The van der Waals surface area contributed by atoms with Crippen LogP contribution in [0, 0.1) is 0 Å². The first-order chi connectivity index (χ1) is 8.74. The minimum atomic E-state index is 0.522. The van der Waals surface area contributed by atoms with Crippen LogP contribution in [-0.4, -0.2) is 41.6 Å². The minimum absolute atomic E-state index is 0.522. The summed E-state index contributed by atoms with van der Waals surface area (Å²) in [5.41, 5.74) is 6.67. The van der Waals surface area contributed by atoms with Crippen molar-refractivity contribution in [2.24, 2.45) is 0 Å². The molecule has 1 aromatic rings. The molecule has 0 radical (unpaired) electrons. The molecule has 0 amide bonds. The highest BCUT2D eigenvalue weighted by Gasteiger charge is 2.33. The van der Waals surface area contributed by atoms with Crippen LogP contribution < -0.4 is 10.6 Å². The number of rotatable bonds is 1. The lowest BCUT2D eigenvalue weighted by Crippen LogP contribution is -2.59. The second kappa shape index (κ2) is 4.76. The van der Waals surface area contributed by atoms with Crippen molar-refractivity contribution in [3.63, 3.8) is 0 Å². The van der Waals surface area contributed by atoms with E-state index in [4.69, 9.17) is 5.73 Å². The van der Waals surface area contributed by atoms with Crippen molar-refractivity contribution >= 4 is 11.5 Å². The smallest absolute Gasteiger partial charge is 0.130 e. The molecule has 2 unspecified atom stereocenters. The van der Waals surface area contributed by atoms with Crippen molar-refractivity contribution in [2.45, 2.75) is 38.3 Å². The average Bonchev–Trinajstić information content (AvgIpc) is 2.38. The Morgan fingerprint density at radius 3 is 3.06 bits per heavy atom. The molecule has 0 aliphatic carbocycles. The van der Waals surface area contributed by atoms with Crippen molar-refractivity contribution in [3.05, 3.63) is 18.3 Å². The predicted octanol–water partition coefficient (Wildman–Crippen LogP) is 1.73. The molecule has 0 saturated carbocycles. The van der Waals surface area contributed by atoms with Crippen LogP contribution in [0.1, 0.15) is 26.2 Å². The number of anilines is 2. The third-order valence-corrected chi connectivity index (χ3v) is 4.25. The zero-order chi connectivity index (χ0) is 12.5. The van der Waals surface area contributed by atoms with Gasteiger partial charge in [-0.05, 0) is 32.4 Å². The predicted molar refractivity (Wildman–Crippen MR) is 74.7 cm³/mol. The SMILES string of the molecule is CC1CN2CCCCC2CN1c1cc(N)ccn1. The zero-order valence-electron chi connectivity index (χ0n) is 11.0. The van der Waals surface area contributed by atoms with Crippen molar-refractivity contribution < 1.29 is 0 Å². The first kappa shape index (κ1) is 11.8. The van der Waals surface area contributed by atoms with E-state index in [1.807, 2.05) is 18.3 Å². The van der Waals surface area contributed by atoms with Crippen molar-refractivity contribution in [2.75, 3.05) is 30.3 Å². The number of nitrogens with two attached hydrogens (primary N) is 1. The van der Waals surface area contributed by atoms with Gasteiger partial charge in [-0.3, -0.25) is 4.90 Å². The summed E-state index contributed by atoms with van der Waals surface area (Å²) in [6, 6.07) is 5.08. The maximum atomic E-state index is 5.87. The first-order valence-electron chi connectivity index (χ1n) is 6.96. The number of fused-ring (bicyclic) bond motifs is 1. The third kappa shape index (κ3) is 2.17. The molecule has 2 aliphatic rings. The fourth-order valence-electron chi connectivity index (χ4n) is 3.26. The minimum Gasteiger partial charge on any atom is -0.399 e. The van der Waals surface area contributed by atoms with E-state index in [1.165, 1.54) is 25.8 Å². The molecular weight excluding hydrogens is 224 g/mol. The number of hydrogen-bond donors (Lipinski definition) is 1. The van der Waals surface area contributed by atoms with Crippen LogP contribution in [-0.2, 0) is 0 Å². The summed E-state index contributed by atoms with van der Waals surface area (Å²) in [7, 11) is 0. The lowest BCUT2D eigenvalue weighted by atomic mass is 9.97. The van der Waals surface area contributed by atoms with Crippen LogP contribution >= 0.6 is 0 Å². The van der Waals surface area contributed by atoms with Gasteiger partial charge in [-0.25, -0.2) is 4.98 Å². The maximum Gasteiger partial charge on any atom is 0.130 e. The van der Waals surface area contributed by atoms with Crippen LogP contribution in [0.15, 0.2) is 18.3 Å². The Hall–Kier alpha value is -1.29. The van der Waals surface area contributed by atoms with Crippen molar-refractivity contribution in [1.29, 1.82) is 0 Å². The van der Waals surface area contributed by atoms with Crippen LogP contribution in [0.5, 0.6) is 0 Å². The average molecular weight is 246 g/mol. The number of hydrogen-bond acceptors (Lipinski definition) is 4. The van der Waals surface area contributed by atoms with Crippen LogP contribution in [0.3, 0.4) is 0 Å². The summed E-state index contributed by atoms with van der Waals surface area (Å²) in [6.07, 6.45) is 5.86. The number of nitrogen functional groups attached to an aromatic ring is 1. The van der Waals surface area contributed by atoms with Crippen LogP contribution in [0.2, 0.25) is 0 Å². The van der Waals surface area contributed by atoms with Gasteiger partial charge in [0.1, 0.15) is 5.82 Å². The fraction of sp³-hybridized carbons (Fsp3) is 0.643. The molecule has 4 heteroatoms. The third-order valence-electron chi connectivity index (χ3n) is 4.25. The highest BCUT2D eigenvalue weighted by molar-refractivity contribution is 5.51. The van der Waals surface area contributed by atoms with E-state index in [1.54, 1.807) is 0 Å². The summed E-state index contributed by atoms with van der Waals surface area (Å²) >= 11 is 0. The van der Waals surface area contributed by atoms with E-state index in [0.29, 0.717) is 12.1 Å². The Kier molecular flexibility index (Phi) is 3.12. The normalized spacial score (nSPS) is 29.1. The molecule has 3 heterocycles. The maximum absolute atomic E-state index is 5.87. The molecule has 2 saturated heterocycles. The summed E-state index contributed by atoms with van der Waals surface area (Å²) < 4.78 is 0. The molecule has 2 N–H and O–H groups in total. The highest BCUT2D eigenvalue weighted by atomic mass is 15.3. The molecular formula is C14H22N4. The molecule has 1 aromatic heterocycles. The molecule has 98 valence electrons. The number of pyridine rings is 1. The van der Waals surface area contributed by atoms with E-state index in [2.05, 4.69) is 21.7 Å². The van der Waals surface area contributed by atoms with Gasteiger partial charge in [-0.1, -0.05) is 6.42 Å². The number of piperidine rings is 1. The summed E-state index contributed by atoms with van der Waals surface area (Å²) in [6.45, 7) is 5.81. The topological polar surface area (TPSA) is 45.4 Å². The van der Waals surface area contributed by atoms with E-state index >= 15 is 0 Å². The summed E-state index contributed by atoms with van der Waals surface area (Å²) in [4.78, 5) is 9.55. The van der Waals surface area contributed by atoms with Crippen molar-refractivity contribution in [1.82, 2.24) is 9.88 Å². The van der Waals surface area contributed by atoms with Crippen molar-refractivity contribution in [3.8, 4) is 0 Å². The lowest BCUT2D eigenvalue weighted by molar-refractivity contribution is 0.115. The summed E-state index contributed by atoms with van der Waals surface area (Å²) in [5, 5.41) is 0. The Balaban J connectivity index is 1.80. The van der Waals surface area contributed by atoms with Gasteiger partial charge in [0.2, 0.25) is 0 Å². The Morgan fingerprint density at radius 1 is 1.33 bits per heavy atom. The molecule has 2 aliphatic heterocycles. The van der Waals surface area contributed by atoms with Gasteiger partial charge >= 0.3 is 0 Å². The van der Waals surface area contributed by atoms with Gasteiger partial charge in [0.15, 0.2) is 0 Å². The molecule has 0 bridgehead atoms. The molecule has 0 aromatic carbocycles. The van der Waals surface area contributed by atoms with E-state index in [0.717, 1.165) is 24.6 Å². The van der Waals surface area contributed by atoms with Crippen LogP contribution in [0.25, 0.3) is 0 Å². The highest BCUT2D eigenvalue weighted by Crippen LogP contribution is 2.27. The lowest BCUT2D eigenvalue weighted by Gasteiger charge is -2.48. The van der Waals surface area contributed by atoms with Gasteiger partial charge in [-0.15, -0.1) is 0 Å². The molecule has 3 rings (SSSR count). The fourth-order valence-corrected chi connectivity index (χ4v) is 3.26. The molecule has 18 heavy (non-hydrogen) atoms. The Labute approximate surface area is 109 Å². The summed E-state index contributed by atoms with van der Waals surface area (Å²) in [5.74, 6) is 1.03. The van der Waals surface area contributed by atoms with E-state index < -0.39 is 0 Å². The number of nitrogens with zero attached hydrogens (tertiary/aromatic N) is 3. The van der Waals surface area contributed by atoms with Gasteiger partial charge in [-0.2, -0.15) is 0 Å². The second-order valence-electron chi connectivity index (χ2n) is 5.59. The van der Waals surface area contributed by atoms with E-state index in [-0.39, 0.29) is 0 Å². The van der Waals surface area contributed by atoms with Gasteiger partial charge < -0.3 is 10.6 Å². The number of aromatic nitrogens is 1. The Bertz CT molecular complexity index is 420. The monoisotopic (exact) mass is 246 g/mol. The molecule has 0 spiro atoms. The largest absolute Gasteiger partial charge is 0.399 e. The second-order valence-corrected chi connectivity index (χ2v) is 5.59. The molecule has 2 fully saturated rings. The quantitative estimate of drug-likeness (QED) is 0.819. The van der Waals surface area contributed by atoms with E-state index in [9.17, 15) is 0 Å².